The number of nitrogens with one attached hydrogen (secondary N) is 2. The van der Waals surface area contributed by atoms with Gasteiger partial charge in [0.15, 0.2) is 0 Å². The maximum atomic E-state index is 5.27. The van der Waals surface area contributed by atoms with E-state index in [4.69, 9.17) is 4.74 Å². The number of methoxy groups -OCH3 is 1. The summed E-state index contributed by atoms with van der Waals surface area (Å²) in [5.74, 6) is 0.513. The van der Waals surface area contributed by atoms with Crippen LogP contribution in [0.3, 0.4) is 0 Å². The van der Waals surface area contributed by atoms with Crippen molar-refractivity contribution in [1.82, 2.24) is 10.6 Å². The van der Waals surface area contributed by atoms with E-state index in [0.717, 1.165) is 6.54 Å². The highest BCUT2D eigenvalue weighted by molar-refractivity contribution is 4.65. The maximum absolute atomic E-state index is 5.27. The molecule has 0 amide bonds. The first-order chi connectivity index (χ1) is 5.61. The molecule has 0 saturated heterocycles. The molecule has 0 bridgehead atoms. The molecular formula is C9H22N2O. The molecule has 2 atom stereocenters. The highest BCUT2D eigenvalue weighted by Crippen LogP contribution is 2.01. The Morgan fingerprint density at radius 1 is 1.25 bits per heavy atom. The molecule has 0 rings (SSSR count). The van der Waals surface area contributed by atoms with Crippen molar-refractivity contribution in [3.05, 3.63) is 0 Å². The van der Waals surface area contributed by atoms with E-state index in [1.165, 1.54) is 0 Å². The van der Waals surface area contributed by atoms with E-state index in [9.17, 15) is 0 Å². The van der Waals surface area contributed by atoms with E-state index in [2.05, 4.69) is 31.4 Å². The fourth-order valence-electron chi connectivity index (χ4n) is 0.986. The summed E-state index contributed by atoms with van der Waals surface area (Å²) in [6.07, 6.45) is 0.167. The Balaban J connectivity index is 3.58. The van der Waals surface area contributed by atoms with Crippen molar-refractivity contribution in [3.63, 3.8) is 0 Å². The summed E-state index contributed by atoms with van der Waals surface area (Å²) in [4.78, 5) is 0. The van der Waals surface area contributed by atoms with Crippen molar-refractivity contribution < 1.29 is 4.74 Å². The number of rotatable bonds is 6. The van der Waals surface area contributed by atoms with E-state index >= 15 is 0 Å². The van der Waals surface area contributed by atoms with E-state index in [-0.39, 0.29) is 6.23 Å². The normalized spacial score (nSPS) is 16.5. The number of ether oxygens (including phenoxy) is 1. The van der Waals surface area contributed by atoms with Gasteiger partial charge in [0.2, 0.25) is 0 Å². The van der Waals surface area contributed by atoms with Gasteiger partial charge < -0.3 is 10.1 Å². The first kappa shape index (κ1) is 11.9. The predicted octanol–water partition coefficient (Wildman–Crippen LogP) is 0.812. The lowest BCUT2D eigenvalue weighted by atomic mass is 10.2. The minimum atomic E-state index is 0.167. The van der Waals surface area contributed by atoms with Crippen molar-refractivity contribution in [2.75, 3.05) is 20.7 Å². The lowest BCUT2D eigenvalue weighted by molar-refractivity contribution is 0.0362. The molecule has 0 aliphatic heterocycles. The molecule has 3 heteroatoms. The molecule has 0 heterocycles. The van der Waals surface area contributed by atoms with Gasteiger partial charge in [0.25, 0.3) is 0 Å². The van der Waals surface area contributed by atoms with Crippen LogP contribution in [0, 0.1) is 5.92 Å². The minimum absolute atomic E-state index is 0.167. The summed E-state index contributed by atoms with van der Waals surface area (Å²) >= 11 is 0. The highest BCUT2D eigenvalue weighted by atomic mass is 16.5. The maximum Gasteiger partial charge on any atom is 0.110 e. The molecule has 2 N–H and O–H groups in total. The van der Waals surface area contributed by atoms with Gasteiger partial charge in [0, 0.05) is 19.7 Å². The van der Waals surface area contributed by atoms with Crippen molar-refractivity contribution in [3.8, 4) is 0 Å². The Morgan fingerprint density at radius 3 is 2.17 bits per heavy atom. The second-order valence-electron chi connectivity index (χ2n) is 3.50. The molecule has 0 aromatic heterocycles. The minimum Gasteiger partial charge on any atom is -0.366 e. The third-order valence-electron chi connectivity index (χ3n) is 1.98. The highest BCUT2D eigenvalue weighted by Gasteiger charge is 2.11. The largest absolute Gasteiger partial charge is 0.366 e. The van der Waals surface area contributed by atoms with Gasteiger partial charge in [-0.05, 0) is 19.9 Å². The average Bonchev–Trinajstić information content (AvgIpc) is 2.04. The monoisotopic (exact) mass is 174 g/mol. The summed E-state index contributed by atoms with van der Waals surface area (Å²) in [6, 6.07) is 0.487. The van der Waals surface area contributed by atoms with Crippen molar-refractivity contribution in [2.24, 2.45) is 5.92 Å². The number of hydrogen-bond acceptors (Lipinski definition) is 3. The quantitative estimate of drug-likeness (QED) is 0.585. The predicted molar refractivity (Wildman–Crippen MR) is 52.2 cm³/mol. The van der Waals surface area contributed by atoms with E-state index in [0.29, 0.717) is 12.0 Å². The second kappa shape index (κ2) is 6.40. The Labute approximate surface area is 75.9 Å². The molecule has 0 aromatic rings. The first-order valence-corrected chi connectivity index (χ1v) is 4.55. The van der Waals surface area contributed by atoms with Crippen LogP contribution in [0.1, 0.15) is 20.8 Å². The summed E-state index contributed by atoms with van der Waals surface area (Å²) in [5, 5.41) is 6.50. The van der Waals surface area contributed by atoms with E-state index in [1.54, 1.807) is 7.11 Å². The third kappa shape index (κ3) is 4.70. The molecule has 0 fully saturated rings. The van der Waals surface area contributed by atoms with Crippen LogP contribution in [-0.2, 0) is 4.74 Å². The zero-order chi connectivity index (χ0) is 9.56. The van der Waals surface area contributed by atoms with Crippen molar-refractivity contribution in [1.29, 1.82) is 0 Å². The summed E-state index contributed by atoms with van der Waals surface area (Å²) in [5.41, 5.74) is 0. The zero-order valence-corrected chi connectivity index (χ0v) is 8.85. The van der Waals surface area contributed by atoms with E-state index in [1.807, 2.05) is 7.05 Å². The molecule has 0 aliphatic carbocycles. The summed E-state index contributed by atoms with van der Waals surface area (Å²) in [7, 11) is 3.70. The Hall–Kier alpha value is -0.120. The standard InChI is InChI=1S/C9H22N2O/c1-7(2)9(12-5)11-6-8(3)10-4/h7-11H,6H2,1-5H3. The summed E-state index contributed by atoms with van der Waals surface area (Å²) < 4.78 is 5.27. The van der Waals surface area contributed by atoms with Crippen LogP contribution >= 0.6 is 0 Å². The lowest BCUT2D eigenvalue weighted by Crippen LogP contribution is -2.42. The van der Waals surface area contributed by atoms with Crippen LogP contribution in [-0.4, -0.2) is 33.0 Å². The molecule has 12 heavy (non-hydrogen) atoms. The molecule has 0 aliphatic rings. The van der Waals surface area contributed by atoms with Gasteiger partial charge >= 0.3 is 0 Å². The van der Waals surface area contributed by atoms with Crippen LogP contribution in [0.15, 0.2) is 0 Å². The van der Waals surface area contributed by atoms with Gasteiger partial charge in [-0.1, -0.05) is 13.8 Å². The van der Waals surface area contributed by atoms with Crippen LogP contribution in [0.25, 0.3) is 0 Å². The summed E-state index contributed by atoms with van der Waals surface area (Å²) in [6.45, 7) is 7.36. The number of hydrogen-bond donors (Lipinski definition) is 2. The SMILES string of the molecule is CNC(C)CNC(OC)C(C)C. The van der Waals surface area contributed by atoms with Gasteiger partial charge in [-0.2, -0.15) is 0 Å². The van der Waals surface area contributed by atoms with Crippen LogP contribution in [0.2, 0.25) is 0 Å². The Morgan fingerprint density at radius 2 is 1.83 bits per heavy atom. The van der Waals surface area contributed by atoms with Crippen LogP contribution in [0.4, 0.5) is 0 Å². The van der Waals surface area contributed by atoms with Gasteiger partial charge in [-0.15, -0.1) is 0 Å². The Kier molecular flexibility index (Phi) is 6.34. The second-order valence-corrected chi connectivity index (χ2v) is 3.50. The topological polar surface area (TPSA) is 33.3 Å². The molecule has 0 aromatic carbocycles. The van der Waals surface area contributed by atoms with Gasteiger partial charge in [0.1, 0.15) is 6.23 Å². The lowest BCUT2D eigenvalue weighted by Gasteiger charge is -2.22. The average molecular weight is 174 g/mol. The van der Waals surface area contributed by atoms with Gasteiger partial charge in [0.05, 0.1) is 0 Å². The van der Waals surface area contributed by atoms with Crippen LogP contribution in [0.5, 0.6) is 0 Å². The van der Waals surface area contributed by atoms with Gasteiger partial charge in [-0.3, -0.25) is 5.32 Å². The van der Waals surface area contributed by atoms with Gasteiger partial charge in [-0.25, -0.2) is 0 Å². The molecule has 0 spiro atoms. The first-order valence-electron chi connectivity index (χ1n) is 4.55. The smallest absolute Gasteiger partial charge is 0.110 e. The molecular weight excluding hydrogens is 152 g/mol. The van der Waals surface area contributed by atoms with Crippen molar-refractivity contribution >= 4 is 0 Å². The molecule has 74 valence electrons. The molecule has 0 radical (unpaired) electrons. The van der Waals surface area contributed by atoms with Crippen LogP contribution < -0.4 is 10.6 Å². The molecule has 0 saturated carbocycles. The number of likely N-dealkylation sites (N-methyl/N-ethyl adjacent to an activating group) is 1. The van der Waals surface area contributed by atoms with Crippen molar-refractivity contribution in [2.45, 2.75) is 33.0 Å². The zero-order valence-electron chi connectivity index (χ0n) is 8.85. The fraction of sp³-hybridized carbons (Fsp3) is 1.00. The Bertz CT molecular complexity index is 107. The van der Waals surface area contributed by atoms with E-state index < -0.39 is 0 Å². The fourth-order valence-corrected chi connectivity index (χ4v) is 0.986. The molecule has 2 unspecified atom stereocenters. The molecule has 3 nitrogen and oxygen atoms in total. The third-order valence-corrected chi connectivity index (χ3v) is 1.98.